The quantitative estimate of drug-likeness (QED) is 0.525. The number of sulfonamides is 1. The molecule has 1 atom stereocenters. The number of morpholine rings is 1. The van der Waals surface area contributed by atoms with Gasteiger partial charge in [0, 0.05) is 37.8 Å². The van der Waals surface area contributed by atoms with E-state index in [-0.39, 0.29) is 33.8 Å². The zero-order valence-corrected chi connectivity index (χ0v) is 17.4. The molecule has 0 bridgehead atoms. The monoisotopic (exact) mass is 439 g/mol. The fraction of sp³-hybridized carbons (Fsp3) is 0.368. The number of benzene rings is 2. The highest BCUT2D eigenvalue weighted by Crippen LogP contribution is 2.29. The molecule has 3 rings (SSSR count). The van der Waals surface area contributed by atoms with Crippen molar-refractivity contribution in [1.82, 2.24) is 9.62 Å². The molecule has 1 fully saturated rings. The minimum Gasteiger partial charge on any atom is -0.374 e. The smallest absolute Gasteiger partial charge is 0.275 e. The summed E-state index contributed by atoms with van der Waals surface area (Å²) >= 11 is 5.99. The van der Waals surface area contributed by atoms with Crippen molar-refractivity contribution in [3.63, 3.8) is 0 Å². The summed E-state index contributed by atoms with van der Waals surface area (Å²) in [7, 11) is -3.97. The highest BCUT2D eigenvalue weighted by atomic mass is 35.5. The average molecular weight is 440 g/mol. The number of nitro groups is 1. The first kappa shape index (κ1) is 21.7. The van der Waals surface area contributed by atoms with E-state index in [1.165, 1.54) is 18.6 Å². The van der Waals surface area contributed by atoms with Gasteiger partial charge in [0.15, 0.2) is 0 Å². The Labute approximate surface area is 174 Å². The summed E-state index contributed by atoms with van der Waals surface area (Å²) in [5, 5.41) is 11.2. The van der Waals surface area contributed by atoms with Gasteiger partial charge in [-0.15, -0.1) is 0 Å². The third-order valence-electron chi connectivity index (χ3n) is 4.77. The Morgan fingerprint density at radius 3 is 2.72 bits per heavy atom. The molecular weight excluding hydrogens is 418 g/mol. The molecule has 0 radical (unpaired) electrons. The number of rotatable bonds is 7. The molecule has 1 aliphatic rings. The second kappa shape index (κ2) is 9.19. The number of nitro benzene ring substituents is 1. The number of halogens is 1. The molecule has 1 saturated heterocycles. The van der Waals surface area contributed by atoms with Gasteiger partial charge in [-0.05, 0) is 18.6 Å². The van der Waals surface area contributed by atoms with E-state index >= 15 is 0 Å². The molecular formula is C19H22ClN3O5S. The van der Waals surface area contributed by atoms with E-state index in [2.05, 4.69) is 9.62 Å². The van der Waals surface area contributed by atoms with Crippen LogP contribution >= 0.6 is 11.6 Å². The van der Waals surface area contributed by atoms with Crippen LogP contribution in [-0.4, -0.2) is 50.6 Å². The Hall–Kier alpha value is -2.04. The van der Waals surface area contributed by atoms with Crippen LogP contribution in [0.4, 0.5) is 5.69 Å². The third kappa shape index (κ3) is 5.52. The molecule has 29 heavy (non-hydrogen) atoms. The minimum absolute atomic E-state index is 0.0301. The van der Waals surface area contributed by atoms with Crippen molar-refractivity contribution in [3.05, 3.63) is 68.7 Å². The first-order valence-electron chi connectivity index (χ1n) is 9.08. The normalized spacial score (nSPS) is 17.9. The van der Waals surface area contributed by atoms with Crippen molar-refractivity contribution >= 4 is 27.3 Å². The summed E-state index contributed by atoms with van der Waals surface area (Å²) in [6, 6.07) is 12.2. The summed E-state index contributed by atoms with van der Waals surface area (Å²) in [6.07, 6.45) is -0.321. The molecule has 2 aromatic carbocycles. The lowest BCUT2D eigenvalue weighted by molar-refractivity contribution is -0.385. The van der Waals surface area contributed by atoms with Crippen LogP contribution < -0.4 is 4.72 Å². The van der Waals surface area contributed by atoms with Crippen molar-refractivity contribution in [2.75, 3.05) is 26.2 Å². The Morgan fingerprint density at radius 2 is 2.03 bits per heavy atom. The van der Waals surface area contributed by atoms with Gasteiger partial charge in [0.1, 0.15) is 0 Å². The number of hydrogen-bond acceptors (Lipinski definition) is 6. The summed E-state index contributed by atoms with van der Waals surface area (Å²) in [5.74, 6) is 0. The summed E-state index contributed by atoms with van der Waals surface area (Å²) < 4.78 is 33.4. The summed E-state index contributed by atoms with van der Waals surface area (Å²) in [4.78, 5) is 12.5. The predicted octanol–water partition coefficient (Wildman–Crippen LogP) is 2.74. The predicted molar refractivity (Wildman–Crippen MR) is 109 cm³/mol. The largest absolute Gasteiger partial charge is 0.374 e. The van der Waals surface area contributed by atoms with Crippen molar-refractivity contribution in [1.29, 1.82) is 0 Å². The Morgan fingerprint density at radius 1 is 1.31 bits per heavy atom. The van der Waals surface area contributed by atoms with Gasteiger partial charge in [-0.2, -0.15) is 0 Å². The molecule has 156 valence electrons. The molecule has 0 spiro atoms. The second-order valence-corrected chi connectivity index (χ2v) is 9.05. The first-order chi connectivity index (χ1) is 13.8. The van der Waals surface area contributed by atoms with Crippen LogP contribution in [0.1, 0.15) is 11.1 Å². The molecule has 0 amide bonds. The van der Waals surface area contributed by atoms with Gasteiger partial charge in [-0.3, -0.25) is 15.0 Å². The van der Waals surface area contributed by atoms with Crippen molar-refractivity contribution < 1.29 is 18.1 Å². The number of ether oxygens (including phenoxy) is 1. The molecule has 0 aliphatic carbocycles. The van der Waals surface area contributed by atoms with Crippen LogP contribution in [0.3, 0.4) is 0 Å². The highest BCUT2D eigenvalue weighted by molar-refractivity contribution is 7.89. The highest BCUT2D eigenvalue weighted by Gasteiger charge is 2.25. The maximum Gasteiger partial charge on any atom is 0.275 e. The standard InChI is InChI=1S/C19H22ClN3O5S/c1-14-18(20)9-17(10-19(14)23(24)25)29(26,27)21-11-16-13-22(7-8-28-16)12-15-5-3-2-4-6-15/h2-6,9-10,16,21H,7-8,11-13H2,1H3/t16-/m1/s1. The van der Waals surface area contributed by atoms with Crippen LogP contribution in [0.15, 0.2) is 47.4 Å². The van der Waals surface area contributed by atoms with E-state index in [0.717, 1.165) is 19.2 Å². The minimum atomic E-state index is -3.97. The maximum atomic E-state index is 12.6. The zero-order chi connectivity index (χ0) is 21.0. The van der Waals surface area contributed by atoms with E-state index < -0.39 is 14.9 Å². The van der Waals surface area contributed by atoms with E-state index in [1.54, 1.807) is 0 Å². The van der Waals surface area contributed by atoms with Gasteiger partial charge in [0.25, 0.3) is 5.69 Å². The molecule has 1 heterocycles. The lowest BCUT2D eigenvalue weighted by Gasteiger charge is -2.33. The SMILES string of the molecule is Cc1c(Cl)cc(S(=O)(=O)NC[C@@H]2CN(Cc3ccccc3)CCO2)cc1[N+](=O)[O-]. The summed E-state index contributed by atoms with van der Waals surface area (Å²) in [6.45, 7) is 4.13. The lowest BCUT2D eigenvalue weighted by atomic mass is 10.2. The van der Waals surface area contributed by atoms with E-state index in [1.807, 2.05) is 30.3 Å². The Balaban J connectivity index is 1.65. The molecule has 8 nitrogen and oxygen atoms in total. The molecule has 0 unspecified atom stereocenters. The topological polar surface area (TPSA) is 102 Å². The van der Waals surface area contributed by atoms with Gasteiger partial charge < -0.3 is 4.74 Å². The van der Waals surface area contributed by atoms with Crippen LogP contribution in [0, 0.1) is 17.0 Å². The average Bonchev–Trinajstić information content (AvgIpc) is 2.69. The van der Waals surface area contributed by atoms with Gasteiger partial charge in [-0.25, -0.2) is 13.1 Å². The van der Waals surface area contributed by atoms with Crippen LogP contribution in [0.5, 0.6) is 0 Å². The lowest BCUT2D eigenvalue weighted by Crippen LogP contribution is -2.47. The van der Waals surface area contributed by atoms with Gasteiger partial charge in [-0.1, -0.05) is 41.9 Å². The molecule has 10 heteroatoms. The van der Waals surface area contributed by atoms with Crippen LogP contribution in [0.25, 0.3) is 0 Å². The second-order valence-electron chi connectivity index (χ2n) is 6.87. The van der Waals surface area contributed by atoms with Crippen LogP contribution in [0.2, 0.25) is 5.02 Å². The van der Waals surface area contributed by atoms with Gasteiger partial charge in [0.2, 0.25) is 10.0 Å². The number of nitrogens with one attached hydrogen (secondary N) is 1. The molecule has 2 aromatic rings. The zero-order valence-electron chi connectivity index (χ0n) is 15.9. The first-order valence-corrected chi connectivity index (χ1v) is 10.9. The molecule has 0 aromatic heterocycles. The van der Waals surface area contributed by atoms with E-state index in [9.17, 15) is 18.5 Å². The van der Waals surface area contributed by atoms with E-state index in [0.29, 0.717) is 13.2 Å². The van der Waals surface area contributed by atoms with E-state index in [4.69, 9.17) is 16.3 Å². The maximum absolute atomic E-state index is 12.6. The number of nitrogens with zero attached hydrogens (tertiary/aromatic N) is 2. The third-order valence-corrected chi connectivity index (χ3v) is 6.57. The van der Waals surface area contributed by atoms with Gasteiger partial charge >= 0.3 is 0 Å². The molecule has 1 aliphatic heterocycles. The summed E-state index contributed by atoms with van der Waals surface area (Å²) in [5.41, 5.74) is 1.07. The van der Waals surface area contributed by atoms with Gasteiger partial charge in [0.05, 0.1) is 27.6 Å². The fourth-order valence-electron chi connectivity index (χ4n) is 3.16. The fourth-order valence-corrected chi connectivity index (χ4v) is 4.55. The van der Waals surface area contributed by atoms with Crippen molar-refractivity contribution in [3.8, 4) is 0 Å². The Kier molecular flexibility index (Phi) is 6.86. The van der Waals surface area contributed by atoms with Crippen LogP contribution in [-0.2, 0) is 21.3 Å². The Bertz CT molecular complexity index is 985. The van der Waals surface area contributed by atoms with Crippen molar-refractivity contribution in [2.24, 2.45) is 0 Å². The van der Waals surface area contributed by atoms with Crippen molar-refractivity contribution in [2.45, 2.75) is 24.5 Å². The molecule has 0 saturated carbocycles. The molecule has 1 N–H and O–H groups in total. The number of hydrogen-bond donors (Lipinski definition) is 1.